The summed E-state index contributed by atoms with van der Waals surface area (Å²) in [6.07, 6.45) is 0.928. The van der Waals surface area contributed by atoms with Crippen LogP contribution in [0.5, 0.6) is 0 Å². The molecule has 1 aliphatic carbocycles. The molecule has 0 saturated heterocycles. The van der Waals surface area contributed by atoms with Gasteiger partial charge in [0, 0.05) is 6.04 Å². The van der Waals surface area contributed by atoms with E-state index in [1.807, 2.05) is 26.0 Å². The maximum absolute atomic E-state index is 14.2. The Morgan fingerprint density at radius 2 is 1.85 bits per heavy atom. The minimum Gasteiger partial charge on any atom is -0.444 e. The van der Waals surface area contributed by atoms with Crippen LogP contribution in [0.4, 0.5) is 10.5 Å². The number of para-hydroxylation sites is 1. The second-order valence-electron chi connectivity index (χ2n) is 11.1. The molecule has 3 rings (SSSR count). The van der Waals surface area contributed by atoms with E-state index in [2.05, 4.69) is 17.2 Å². The maximum atomic E-state index is 14.2. The van der Waals surface area contributed by atoms with E-state index in [4.69, 9.17) is 22.1 Å². The third-order valence-electron chi connectivity index (χ3n) is 6.53. The lowest BCUT2D eigenvalue weighted by atomic mass is 9.99. The Hall–Kier alpha value is -3.85. The molecule has 4 unspecified atom stereocenters. The number of nitrogens with zero attached hydrogens (tertiary/aromatic N) is 1. The minimum atomic E-state index is -1.35. The Kier molecular flexibility index (Phi) is 9.63. The molecule has 40 heavy (non-hydrogen) atoms. The first-order valence-electron chi connectivity index (χ1n) is 13.1. The number of rotatable bonds is 10. The van der Waals surface area contributed by atoms with Crippen molar-refractivity contribution in [2.75, 3.05) is 5.32 Å². The summed E-state index contributed by atoms with van der Waals surface area (Å²) < 4.78 is 5.33. The first-order chi connectivity index (χ1) is 18.7. The normalized spacial score (nSPS) is 17.6. The molecule has 2 aromatic carbocycles. The van der Waals surface area contributed by atoms with E-state index in [0.29, 0.717) is 22.7 Å². The summed E-state index contributed by atoms with van der Waals surface area (Å²) in [5, 5.41) is 5.75. The van der Waals surface area contributed by atoms with Gasteiger partial charge in [0.2, 0.25) is 11.8 Å². The number of alkyl carbamates (subject to hydrolysis) is 1. The van der Waals surface area contributed by atoms with Crippen molar-refractivity contribution in [2.24, 2.45) is 11.7 Å². The van der Waals surface area contributed by atoms with Gasteiger partial charge in [0.15, 0.2) is 0 Å². The van der Waals surface area contributed by atoms with Crippen LogP contribution in [-0.4, -0.2) is 46.4 Å². The summed E-state index contributed by atoms with van der Waals surface area (Å²) in [6, 6.07) is 9.58. The summed E-state index contributed by atoms with van der Waals surface area (Å²) >= 11 is 6.41. The Bertz CT molecular complexity index is 1280. The molecule has 9 nitrogen and oxygen atoms in total. The molecule has 0 aromatic heterocycles. The number of amides is 4. The molecule has 1 fully saturated rings. The Morgan fingerprint density at radius 1 is 1.20 bits per heavy atom. The fourth-order valence-electron chi connectivity index (χ4n) is 4.48. The number of ether oxygens (including phenoxy) is 1. The van der Waals surface area contributed by atoms with Gasteiger partial charge in [-0.1, -0.05) is 61.5 Å². The first-order valence-corrected chi connectivity index (χ1v) is 13.5. The van der Waals surface area contributed by atoms with Gasteiger partial charge in [0.05, 0.1) is 17.1 Å². The Labute approximate surface area is 240 Å². The molecule has 1 saturated carbocycles. The van der Waals surface area contributed by atoms with Gasteiger partial charge in [-0.15, -0.1) is 0 Å². The number of hydrogen-bond acceptors (Lipinski definition) is 5. The molecule has 214 valence electrons. The predicted molar refractivity (Wildman–Crippen MR) is 155 cm³/mol. The van der Waals surface area contributed by atoms with Crippen LogP contribution in [0, 0.1) is 12.8 Å². The number of anilines is 1. The molecule has 0 aliphatic heterocycles. The number of primary amides is 1. The van der Waals surface area contributed by atoms with Gasteiger partial charge in [-0.3, -0.25) is 14.4 Å². The topological polar surface area (TPSA) is 131 Å². The smallest absolute Gasteiger partial charge is 0.408 e. The molecule has 0 radical (unpaired) electrons. The van der Waals surface area contributed by atoms with E-state index >= 15 is 0 Å². The van der Waals surface area contributed by atoms with Gasteiger partial charge in [0.1, 0.15) is 17.7 Å². The van der Waals surface area contributed by atoms with Crippen molar-refractivity contribution in [1.29, 1.82) is 0 Å². The van der Waals surface area contributed by atoms with E-state index < -0.39 is 47.9 Å². The van der Waals surface area contributed by atoms with Gasteiger partial charge in [0.25, 0.3) is 5.91 Å². The molecular weight excluding hydrogens is 532 g/mol. The largest absolute Gasteiger partial charge is 0.444 e. The van der Waals surface area contributed by atoms with E-state index in [-0.39, 0.29) is 12.0 Å². The summed E-state index contributed by atoms with van der Waals surface area (Å²) in [5.74, 6) is -1.84. The lowest BCUT2D eigenvalue weighted by Crippen LogP contribution is -2.54. The van der Waals surface area contributed by atoms with Crippen LogP contribution in [0.15, 0.2) is 49.0 Å². The number of nitrogens with two attached hydrogens (primary N) is 1. The second-order valence-corrected chi connectivity index (χ2v) is 11.5. The molecule has 1 aliphatic rings. The van der Waals surface area contributed by atoms with Crippen LogP contribution in [-0.2, 0) is 19.1 Å². The average molecular weight is 569 g/mol. The van der Waals surface area contributed by atoms with Crippen molar-refractivity contribution in [3.8, 4) is 0 Å². The monoisotopic (exact) mass is 568 g/mol. The number of nitrogens with one attached hydrogen (secondary N) is 2. The van der Waals surface area contributed by atoms with Crippen molar-refractivity contribution < 1.29 is 23.9 Å². The molecular formula is C30H37ClN4O5. The van der Waals surface area contributed by atoms with Crippen LogP contribution in [0.3, 0.4) is 0 Å². The number of carbonyl (C=O) groups excluding carboxylic acids is 4. The zero-order valence-corrected chi connectivity index (χ0v) is 24.2. The van der Waals surface area contributed by atoms with Crippen molar-refractivity contribution in [2.45, 2.75) is 71.2 Å². The maximum Gasteiger partial charge on any atom is 0.408 e. The first kappa shape index (κ1) is 30.7. The molecule has 0 spiro atoms. The predicted octanol–water partition coefficient (Wildman–Crippen LogP) is 4.98. The highest BCUT2D eigenvalue weighted by molar-refractivity contribution is 6.34. The van der Waals surface area contributed by atoms with Gasteiger partial charge in [-0.2, -0.15) is 0 Å². The summed E-state index contributed by atoms with van der Waals surface area (Å²) in [7, 11) is 0. The third kappa shape index (κ3) is 7.85. The summed E-state index contributed by atoms with van der Waals surface area (Å²) in [5.41, 5.74) is 7.08. The highest BCUT2D eigenvalue weighted by Crippen LogP contribution is 2.41. The molecule has 4 N–H and O–H groups in total. The van der Waals surface area contributed by atoms with E-state index in [1.54, 1.807) is 57.2 Å². The van der Waals surface area contributed by atoms with Crippen molar-refractivity contribution in [3.05, 3.63) is 70.8 Å². The van der Waals surface area contributed by atoms with E-state index in [0.717, 1.165) is 11.1 Å². The zero-order valence-electron chi connectivity index (χ0n) is 23.5. The van der Waals surface area contributed by atoms with Crippen LogP contribution in [0.1, 0.15) is 63.3 Å². The summed E-state index contributed by atoms with van der Waals surface area (Å²) in [6.45, 7) is 12.6. The van der Waals surface area contributed by atoms with Crippen LogP contribution in [0.2, 0.25) is 5.02 Å². The minimum absolute atomic E-state index is 0.0830. The van der Waals surface area contributed by atoms with Crippen LogP contribution in [0.25, 0.3) is 6.08 Å². The van der Waals surface area contributed by atoms with E-state index in [9.17, 15) is 19.2 Å². The standard InChI is InChI=1S/C30H37ClN4O5/c1-7-19-11-9-12-20(15-19)26(27(37)34-25-17(2)10-8-13-21(25)31)35(23-14-18(23)3)28(38)22(16-24(32)36)33-29(39)40-30(4,5)6/h7-13,15,18,22-23,26H,1,14,16H2,2-6H3,(H2,32,36)(H,33,39)(H,34,37). The van der Waals surface area contributed by atoms with Crippen molar-refractivity contribution in [3.63, 3.8) is 0 Å². The Morgan fingerprint density at radius 3 is 2.40 bits per heavy atom. The average Bonchev–Trinajstić information content (AvgIpc) is 3.58. The second kappa shape index (κ2) is 12.6. The molecule has 2 aromatic rings. The molecule has 10 heteroatoms. The molecule has 0 heterocycles. The number of halogens is 1. The number of benzene rings is 2. The van der Waals surface area contributed by atoms with Gasteiger partial charge < -0.3 is 26.0 Å². The van der Waals surface area contributed by atoms with E-state index in [1.165, 1.54) is 4.90 Å². The molecule has 4 amide bonds. The van der Waals surface area contributed by atoms with Crippen molar-refractivity contribution >= 4 is 47.2 Å². The quantitative estimate of drug-likeness (QED) is 0.372. The zero-order chi connectivity index (χ0) is 29.8. The summed E-state index contributed by atoms with van der Waals surface area (Å²) in [4.78, 5) is 54.3. The van der Waals surface area contributed by atoms with Gasteiger partial charge in [-0.25, -0.2) is 4.79 Å². The number of aryl methyl sites for hydroxylation is 1. The van der Waals surface area contributed by atoms with Gasteiger partial charge >= 0.3 is 6.09 Å². The molecule has 4 atom stereocenters. The fraction of sp³-hybridized carbons (Fsp3) is 0.400. The number of hydrogen-bond donors (Lipinski definition) is 3. The highest BCUT2D eigenvalue weighted by atomic mass is 35.5. The lowest BCUT2D eigenvalue weighted by Gasteiger charge is -2.35. The number of carbonyl (C=O) groups is 4. The van der Waals surface area contributed by atoms with Crippen molar-refractivity contribution in [1.82, 2.24) is 10.2 Å². The highest BCUT2D eigenvalue weighted by Gasteiger charge is 2.48. The molecule has 0 bridgehead atoms. The Balaban J connectivity index is 2.09. The third-order valence-corrected chi connectivity index (χ3v) is 6.85. The SMILES string of the molecule is C=Cc1cccc(C(C(=O)Nc2c(C)cccc2Cl)N(C(=O)C(CC(N)=O)NC(=O)OC(C)(C)C)C2CC2C)c1. The van der Waals surface area contributed by atoms with Gasteiger partial charge in [-0.05, 0) is 68.9 Å². The van der Waals surface area contributed by atoms with Crippen LogP contribution < -0.4 is 16.4 Å². The fourth-order valence-corrected chi connectivity index (χ4v) is 4.75. The van der Waals surface area contributed by atoms with Crippen LogP contribution >= 0.6 is 11.6 Å². The lowest BCUT2D eigenvalue weighted by molar-refractivity contribution is -0.142.